The topological polar surface area (TPSA) is 384 Å². The molecule has 324 valence electrons. The van der Waals surface area contributed by atoms with Crippen LogP contribution in [0.3, 0.4) is 0 Å². The highest BCUT2D eigenvalue weighted by molar-refractivity contribution is 8.13. The molecule has 8 atom stereocenters. The van der Waals surface area contributed by atoms with E-state index in [1.807, 2.05) is 0 Å². The summed E-state index contributed by atoms with van der Waals surface area (Å²) < 4.78 is 62.1. The van der Waals surface area contributed by atoms with E-state index < -0.39 is 90.7 Å². The number of nitrogens with zero attached hydrogens (tertiary/aromatic N) is 4. The Kier molecular flexibility index (Phi) is 18.2. The number of thioether (sulfide) groups is 1. The molecule has 1 fully saturated rings. The molecular formula is C28H48N7O18P3S. The molecular weight excluding hydrogens is 847 g/mol. The summed E-state index contributed by atoms with van der Waals surface area (Å²) in [5, 5.41) is 35.6. The number of unbranched alkanes of at least 4 members (excludes halogenated alkanes) is 1. The van der Waals surface area contributed by atoms with Crippen LogP contribution in [0.2, 0.25) is 0 Å². The minimum atomic E-state index is -5.57. The number of aliphatic hydroxyl groups excluding tert-OH is 3. The summed E-state index contributed by atoms with van der Waals surface area (Å²) in [5.41, 5.74) is 4.25. The summed E-state index contributed by atoms with van der Waals surface area (Å²) in [7, 11) is -16.4. The van der Waals surface area contributed by atoms with E-state index in [9.17, 15) is 63.0 Å². The highest BCUT2D eigenvalue weighted by atomic mass is 32.2. The Labute approximate surface area is 329 Å². The van der Waals surface area contributed by atoms with Crippen LogP contribution in [0.1, 0.15) is 59.1 Å². The minimum Gasteiger partial charge on any atom is -0.393 e. The van der Waals surface area contributed by atoms with Crippen LogP contribution in [0.15, 0.2) is 12.7 Å². The molecule has 3 rings (SSSR count). The van der Waals surface area contributed by atoms with E-state index >= 15 is 0 Å². The molecule has 0 aliphatic carbocycles. The Bertz CT molecular complexity index is 1830. The first kappa shape index (κ1) is 48.9. The molecule has 25 nitrogen and oxygen atoms in total. The molecule has 2 aromatic heterocycles. The van der Waals surface area contributed by atoms with Crippen LogP contribution >= 0.6 is 35.2 Å². The number of amides is 2. The summed E-state index contributed by atoms with van der Waals surface area (Å²) in [4.78, 5) is 87.5. The second-order valence-corrected chi connectivity index (χ2v) is 18.8. The minimum absolute atomic E-state index is 0.0277. The molecule has 0 spiro atoms. The van der Waals surface area contributed by atoms with Crippen molar-refractivity contribution in [3.8, 4) is 0 Å². The number of phosphoric ester groups is 3. The number of ether oxygens (including phenoxy) is 1. The summed E-state index contributed by atoms with van der Waals surface area (Å²) >= 11 is 1.07. The van der Waals surface area contributed by atoms with E-state index in [1.165, 1.54) is 13.8 Å². The van der Waals surface area contributed by atoms with E-state index in [0.717, 1.165) is 35.4 Å². The van der Waals surface area contributed by atoms with Gasteiger partial charge in [0.05, 0.1) is 25.6 Å². The zero-order chi connectivity index (χ0) is 42.8. The van der Waals surface area contributed by atoms with E-state index in [0.29, 0.717) is 25.0 Å². The van der Waals surface area contributed by atoms with Crippen molar-refractivity contribution in [2.75, 3.05) is 37.8 Å². The van der Waals surface area contributed by atoms with Gasteiger partial charge < -0.3 is 56.0 Å². The molecule has 2 amide bonds. The lowest BCUT2D eigenvalue weighted by molar-refractivity contribution is -0.137. The third kappa shape index (κ3) is 15.9. The number of hydrogen-bond donors (Lipinski definition) is 10. The van der Waals surface area contributed by atoms with Crippen molar-refractivity contribution in [2.45, 2.75) is 89.6 Å². The number of rotatable bonds is 24. The van der Waals surface area contributed by atoms with Crippen LogP contribution in [-0.2, 0) is 50.7 Å². The van der Waals surface area contributed by atoms with Gasteiger partial charge in [-0.1, -0.05) is 32.0 Å². The Hall–Kier alpha value is -2.48. The van der Waals surface area contributed by atoms with Crippen molar-refractivity contribution < 1.29 is 85.6 Å². The van der Waals surface area contributed by atoms with Gasteiger partial charge in [-0.3, -0.25) is 32.5 Å². The number of nitrogen functional groups attached to an aromatic ring is 1. The molecule has 8 unspecified atom stereocenters. The summed E-state index contributed by atoms with van der Waals surface area (Å²) in [6.45, 7) is 2.13. The second kappa shape index (κ2) is 21.2. The Morgan fingerprint density at radius 3 is 2.37 bits per heavy atom. The maximum atomic E-state index is 12.7. The van der Waals surface area contributed by atoms with Crippen molar-refractivity contribution in [1.82, 2.24) is 30.2 Å². The van der Waals surface area contributed by atoms with Crippen LogP contribution in [0.5, 0.6) is 0 Å². The van der Waals surface area contributed by atoms with Gasteiger partial charge in [0.2, 0.25) is 11.8 Å². The van der Waals surface area contributed by atoms with Gasteiger partial charge in [-0.2, -0.15) is 4.31 Å². The third-order valence-electron chi connectivity index (χ3n) is 8.02. The highest BCUT2D eigenvalue weighted by Crippen LogP contribution is 2.61. The lowest BCUT2D eigenvalue weighted by Crippen LogP contribution is -2.46. The monoisotopic (exact) mass is 895 g/mol. The van der Waals surface area contributed by atoms with Crippen LogP contribution in [0.4, 0.5) is 5.82 Å². The summed E-state index contributed by atoms with van der Waals surface area (Å²) in [5.74, 6) is -1.14. The van der Waals surface area contributed by atoms with E-state index in [4.69, 9.17) is 19.5 Å². The largest absolute Gasteiger partial charge is 0.481 e. The predicted octanol–water partition coefficient (Wildman–Crippen LogP) is -0.394. The molecule has 0 aromatic carbocycles. The molecule has 11 N–H and O–H groups in total. The highest BCUT2D eigenvalue weighted by Gasteiger charge is 2.50. The fourth-order valence-corrected chi connectivity index (χ4v) is 8.63. The lowest BCUT2D eigenvalue weighted by atomic mass is 9.87. The number of nitrogens with two attached hydrogens (primary N) is 1. The fraction of sp³-hybridized carbons (Fsp3) is 0.714. The van der Waals surface area contributed by atoms with Crippen molar-refractivity contribution in [2.24, 2.45) is 5.41 Å². The Morgan fingerprint density at radius 2 is 1.70 bits per heavy atom. The number of anilines is 1. The van der Waals surface area contributed by atoms with Crippen LogP contribution in [-0.4, -0.2) is 134 Å². The number of aliphatic hydroxyl groups is 3. The van der Waals surface area contributed by atoms with Gasteiger partial charge in [0.1, 0.15) is 36.3 Å². The first-order chi connectivity index (χ1) is 26.4. The van der Waals surface area contributed by atoms with E-state index in [-0.39, 0.29) is 41.6 Å². The van der Waals surface area contributed by atoms with Crippen molar-refractivity contribution in [3.05, 3.63) is 12.7 Å². The fourth-order valence-electron chi connectivity index (χ4n) is 5.08. The number of carbonyl (C=O) groups excluding carboxylic acids is 3. The molecule has 3 heterocycles. The first-order valence-corrected chi connectivity index (χ1v) is 22.6. The zero-order valence-corrected chi connectivity index (χ0v) is 34.4. The predicted molar refractivity (Wildman–Crippen MR) is 197 cm³/mol. The molecule has 0 saturated carbocycles. The number of aromatic nitrogens is 4. The normalized spacial score (nSPS) is 22.1. The van der Waals surface area contributed by atoms with Crippen LogP contribution in [0, 0.1) is 5.41 Å². The van der Waals surface area contributed by atoms with E-state index in [2.05, 4.69) is 34.4 Å². The Balaban J connectivity index is 1.45. The molecule has 1 saturated heterocycles. The molecule has 57 heavy (non-hydrogen) atoms. The van der Waals surface area contributed by atoms with Gasteiger partial charge in [0.25, 0.3) is 0 Å². The van der Waals surface area contributed by atoms with E-state index in [1.54, 1.807) is 6.92 Å². The summed E-state index contributed by atoms with van der Waals surface area (Å²) in [6, 6.07) is 0. The van der Waals surface area contributed by atoms with Gasteiger partial charge >= 0.3 is 23.5 Å². The first-order valence-electron chi connectivity index (χ1n) is 17.1. The molecule has 0 bridgehead atoms. The van der Waals surface area contributed by atoms with Crippen LogP contribution in [0.25, 0.3) is 11.2 Å². The number of phosphoric acid groups is 3. The molecule has 1 aliphatic rings. The van der Waals surface area contributed by atoms with Gasteiger partial charge in [0.15, 0.2) is 22.8 Å². The molecule has 0 radical (unpaired) electrons. The standard InChI is InChI=1S/C28H48N7O18P3S/c1-16(36)6-4-5-7-19(38)57-11-10-30-18(37)8-9-31-26(41)23(40)28(2,3)13-50-56(47,48)53-55(45,46)49-12-17-22(52-54(42,43)44)21(39)27(51-17)35-15-34-20-24(29)32-14-33-25(20)35/h14-17,21-23,27,36,39-40H,4-13H2,1-3H3,(H,30,37)(H,31,41)(H,45,46)(H,47,48)(H2,29,32,33)(H2,42,43,44). The third-order valence-corrected chi connectivity index (χ3v) is 12.1. The smallest absolute Gasteiger partial charge is 0.393 e. The van der Waals surface area contributed by atoms with Crippen molar-refractivity contribution in [1.29, 1.82) is 0 Å². The average Bonchev–Trinajstić information content (AvgIpc) is 3.66. The number of carbonyl (C=O) groups is 3. The molecule has 29 heteroatoms. The van der Waals surface area contributed by atoms with Gasteiger partial charge in [-0.15, -0.1) is 0 Å². The van der Waals surface area contributed by atoms with Gasteiger partial charge in [0, 0.05) is 37.1 Å². The lowest BCUT2D eigenvalue weighted by Gasteiger charge is -2.30. The number of imidazole rings is 1. The average molecular weight is 896 g/mol. The van der Waals surface area contributed by atoms with Crippen LogP contribution < -0.4 is 16.4 Å². The molecule has 2 aromatic rings. The number of hydrogen-bond acceptors (Lipinski definition) is 19. The second-order valence-electron chi connectivity index (χ2n) is 13.4. The maximum Gasteiger partial charge on any atom is 0.481 e. The van der Waals surface area contributed by atoms with Crippen molar-refractivity contribution in [3.63, 3.8) is 0 Å². The van der Waals surface area contributed by atoms with Gasteiger partial charge in [-0.25, -0.2) is 28.6 Å². The number of nitrogens with one attached hydrogen (secondary N) is 2. The molecule has 1 aliphatic heterocycles. The zero-order valence-electron chi connectivity index (χ0n) is 30.9. The summed E-state index contributed by atoms with van der Waals surface area (Å²) in [6.07, 6.45) is -5.02. The SMILES string of the molecule is CC(O)CCCCC(=O)SCCNC(=O)CCNC(=O)C(O)C(C)(C)COP(=O)(O)OP(=O)(O)OCC1OC(n2cnc3c(N)ncnc32)C(O)C1OP(=O)(O)O. The maximum absolute atomic E-state index is 12.7. The quantitative estimate of drug-likeness (QED) is 0.0473. The van der Waals surface area contributed by atoms with Crippen molar-refractivity contribution >= 4 is 69.1 Å². The Morgan fingerprint density at radius 1 is 1.02 bits per heavy atom. The van der Waals surface area contributed by atoms with Gasteiger partial charge in [-0.05, 0) is 19.8 Å². The number of fused-ring (bicyclic) bond motifs is 1.